The zero-order chi connectivity index (χ0) is 19.1. The summed E-state index contributed by atoms with van der Waals surface area (Å²) in [6.07, 6.45) is 2.07. The molecule has 0 aliphatic rings. The third-order valence-corrected chi connectivity index (χ3v) is 6.65. The van der Waals surface area contributed by atoms with Gasteiger partial charge in [0.1, 0.15) is 0 Å². The highest BCUT2D eigenvalue weighted by molar-refractivity contribution is 7.99. The summed E-state index contributed by atoms with van der Waals surface area (Å²) >= 11 is 1.77. The van der Waals surface area contributed by atoms with E-state index >= 15 is 0 Å². The molecule has 0 spiro atoms. The topological polar surface area (TPSA) is 82.6 Å². The van der Waals surface area contributed by atoms with Crippen molar-refractivity contribution < 1.29 is 8.42 Å². The molecule has 25 heavy (non-hydrogen) atoms. The quantitative estimate of drug-likeness (QED) is 0.361. The molecule has 0 aliphatic carbocycles. The highest BCUT2D eigenvalue weighted by atomic mass is 32.2. The van der Waals surface area contributed by atoms with Crippen LogP contribution in [0.25, 0.3) is 0 Å². The largest absolute Gasteiger partial charge is 0.355 e. The Bertz CT molecular complexity index is 701. The van der Waals surface area contributed by atoms with Crippen molar-refractivity contribution in [3.8, 4) is 0 Å². The van der Waals surface area contributed by atoms with Gasteiger partial charge in [0.25, 0.3) is 0 Å². The van der Waals surface area contributed by atoms with Crippen LogP contribution >= 0.6 is 11.8 Å². The fourth-order valence-electron chi connectivity index (χ4n) is 2.03. The van der Waals surface area contributed by atoms with E-state index in [0.29, 0.717) is 17.4 Å². The minimum Gasteiger partial charge on any atom is -0.355 e. The van der Waals surface area contributed by atoms with Gasteiger partial charge >= 0.3 is 0 Å². The normalized spacial score (nSPS) is 13.0. The monoisotopic (exact) mass is 386 g/mol. The number of benzene rings is 1. The van der Waals surface area contributed by atoms with E-state index in [1.54, 1.807) is 31.8 Å². The Morgan fingerprint density at radius 3 is 2.48 bits per heavy atom. The molecule has 0 heterocycles. The SMILES string of the molecule is CN=C(NCCNS(=O)(=O)c1cc(C)ccc1C)NCC(C)(C)SC. The second-order valence-corrected chi connectivity index (χ2v) is 9.73. The number of sulfonamides is 1. The number of aryl methyl sites for hydroxylation is 2. The summed E-state index contributed by atoms with van der Waals surface area (Å²) < 4.78 is 27.6. The highest BCUT2D eigenvalue weighted by Crippen LogP contribution is 2.19. The lowest BCUT2D eigenvalue weighted by Crippen LogP contribution is -2.45. The highest BCUT2D eigenvalue weighted by Gasteiger charge is 2.17. The Hall–Kier alpha value is -1.25. The summed E-state index contributed by atoms with van der Waals surface area (Å²) in [4.78, 5) is 4.48. The first-order valence-electron chi connectivity index (χ1n) is 8.18. The van der Waals surface area contributed by atoms with E-state index in [2.05, 4.69) is 40.5 Å². The molecule has 0 amide bonds. The lowest BCUT2D eigenvalue weighted by atomic mass is 10.2. The van der Waals surface area contributed by atoms with Gasteiger partial charge in [0.05, 0.1) is 4.90 Å². The van der Waals surface area contributed by atoms with E-state index in [1.165, 1.54) is 0 Å². The van der Waals surface area contributed by atoms with Gasteiger partial charge in [0, 0.05) is 31.4 Å². The minimum absolute atomic E-state index is 0.0991. The molecule has 0 unspecified atom stereocenters. The van der Waals surface area contributed by atoms with E-state index in [9.17, 15) is 8.42 Å². The standard InChI is InChI=1S/C17H30N4O2S2/c1-13-7-8-14(2)15(11-13)25(22,23)21-10-9-19-16(18-5)20-12-17(3,4)24-6/h7-8,11,21H,9-10,12H2,1-6H3,(H2,18,19,20). The molecule has 0 bridgehead atoms. The molecular formula is C17H30N4O2S2. The molecule has 0 radical (unpaired) electrons. The molecule has 8 heteroatoms. The van der Waals surface area contributed by atoms with Gasteiger partial charge in [-0.3, -0.25) is 4.99 Å². The molecule has 1 aromatic carbocycles. The summed E-state index contributed by atoms with van der Waals surface area (Å²) in [5, 5.41) is 6.37. The molecule has 0 aromatic heterocycles. The molecule has 1 aromatic rings. The minimum atomic E-state index is -3.51. The summed E-state index contributed by atoms with van der Waals surface area (Å²) in [7, 11) is -1.82. The van der Waals surface area contributed by atoms with Gasteiger partial charge in [-0.15, -0.1) is 0 Å². The second kappa shape index (κ2) is 9.45. The van der Waals surface area contributed by atoms with Crippen LogP contribution < -0.4 is 15.4 Å². The van der Waals surface area contributed by atoms with E-state index in [0.717, 1.165) is 17.7 Å². The summed E-state index contributed by atoms with van der Waals surface area (Å²) in [6, 6.07) is 5.42. The van der Waals surface area contributed by atoms with Crippen molar-refractivity contribution in [3.05, 3.63) is 29.3 Å². The first kappa shape index (κ1) is 21.8. The first-order chi connectivity index (χ1) is 11.6. The Kier molecular flexibility index (Phi) is 8.24. The molecule has 0 atom stereocenters. The molecule has 142 valence electrons. The molecule has 0 aliphatic heterocycles. The molecule has 6 nitrogen and oxygen atoms in total. The number of thioether (sulfide) groups is 1. The van der Waals surface area contributed by atoms with Crippen molar-refractivity contribution >= 4 is 27.7 Å². The van der Waals surface area contributed by atoms with Crippen LogP contribution in [0.15, 0.2) is 28.1 Å². The fourth-order valence-corrected chi connectivity index (χ4v) is 3.61. The van der Waals surface area contributed by atoms with Crippen LogP contribution in [0.1, 0.15) is 25.0 Å². The summed E-state index contributed by atoms with van der Waals surface area (Å²) in [5.41, 5.74) is 1.66. The van der Waals surface area contributed by atoms with Crippen LogP contribution in [0, 0.1) is 13.8 Å². The smallest absolute Gasteiger partial charge is 0.240 e. The Morgan fingerprint density at radius 1 is 1.20 bits per heavy atom. The van der Waals surface area contributed by atoms with E-state index < -0.39 is 10.0 Å². The lowest BCUT2D eigenvalue weighted by Gasteiger charge is -2.23. The second-order valence-electron chi connectivity index (χ2n) is 6.48. The number of aliphatic imine (C=N–C) groups is 1. The lowest BCUT2D eigenvalue weighted by molar-refractivity contribution is 0.579. The molecule has 0 saturated carbocycles. The van der Waals surface area contributed by atoms with Crippen LogP contribution in [-0.4, -0.2) is 52.1 Å². The molecular weight excluding hydrogens is 356 g/mol. The summed E-state index contributed by atoms with van der Waals surface area (Å²) in [6.45, 7) is 9.47. The van der Waals surface area contributed by atoms with Crippen LogP contribution in [0.3, 0.4) is 0 Å². The van der Waals surface area contributed by atoms with Gasteiger partial charge in [-0.2, -0.15) is 11.8 Å². The Balaban J connectivity index is 2.52. The maximum Gasteiger partial charge on any atom is 0.240 e. The van der Waals surface area contributed by atoms with Gasteiger partial charge < -0.3 is 10.6 Å². The van der Waals surface area contributed by atoms with Crippen molar-refractivity contribution in [2.24, 2.45) is 4.99 Å². The molecule has 3 N–H and O–H groups in total. The van der Waals surface area contributed by atoms with Crippen molar-refractivity contribution in [3.63, 3.8) is 0 Å². The van der Waals surface area contributed by atoms with Crippen molar-refractivity contribution in [2.45, 2.75) is 37.3 Å². The third kappa shape index (κ3) is 7.25. The van der Waals surface area contributed by atoms with Gasteiger partial charge in [0.2, 0.25) is 10.0 Å². The van der Waals surface area contributed by atoms with Crippen LogP contribution in [0.2, 0.25) is 0 Å². The van der Waals surface area contributed by atoms with E-state index in [-0.39, 0.29) is 11.3 Å². The van der Waals surface area contributed by atoms with Gasteiger partial charge in [-0.05, 0) is 51.1 Å². The van der Waals surface area contributed by atoms with Gasteiger partial charge in [-0.1, -0.05) is 12.1 Å². The van der Waals surface area contributed by atoms with E-state index in [1.807, 2.05) is 19.1 Å². The number of nitrogens with zero attached hydrogens (tertiary/aromatic N) is 1. The third-order valence-electron chi connectivity index (χ3n) is 3.80. The van der Waals surface area contributed by atoms with Crippen molar-refractivity contribution in [2.75, 3.05) is 32.9 Å². The fraction of sp³-hybridized carbons (Fsp3) is 0.588. The molecule has 1 rings (SSSR count). The average molecular weight is 387 g/mol. The van der Waals surface area contributed by atoms with Crippen LogP contribution in [-0.2, 0) is 10.0 Å². The Morgan fingerprint density at radius 2 is 1.88 bits per heavy atom. The van der Waals surface area contributed by atoms with Crippen molar-refractivity contribution in [1.82, 2.24) is 15.4 Å². The Labute approximate surface area is 156 Å². The predicted molar refractivity (Wildman–Crippen MR) is 108 cm³/mol. The molecule has 0 saturated heterocycles. The number of hydrogen-bond donors (Lipinski definition) is 3. The predicted octanol–water partition coefficient (Wildman–Crippen LogP) is 1.89. The number of rotatable bonds is 8. The van der Waals surface area contributed by atoms with Gasteiger partial charge in [-0.25, -0.2) is 13.1 Å². The number of hydrogen-bond acceptors (Lipinski definition) is 4. The maximum atomic E-state index is 12.4. The van der Waals surface area contributed by atoms with Crippen molar-refractivity contribution in [1.29, 1.82) is 0 Å². The first-order valence-corrected chi connectivity index (χ1v) is 10.9. The van der Waals surface area contributed by atoms with E-state index in [4.69, 9.17) is 0 Å². The number of guanidine groups is 1. The van der Waals surface area contributed by atoms with Gasteiger partial charge in [0.15, 0.2) is 5.96 Å². The summed E-state index contributed by atoms with van der Waals surface area (Å²) in [5.74, 6) is 0.660. The van der Waals surface area contributed by atoms with Crippen LogP contribution in [0.5, 0.6) is 0 Å². The maximum absolute atomic E-state index is 12.4. The van der Waals surface area contributed by atoms with Crippen LogP contribution in [0.4, 0.5) is 0 Å². The number of nitrogens with one attached hydrogen (secondary N) is 3. The average Bonchev–Trinajstić information content (AvgIpc) is 2.56. The molecule has 0 fully saturated rings. The zero-order valence-electron chi connectivity index (χ0n) is 15.9. The zero-order valence-corrected chi connectivity index (χ0v) is 17.6.